The number of benzene rings is 1. The predicted molar refractivity (Wildman–Crippen MR) is 121 cm³/mol. The highest BCUT2D eigenvalue weighted by atomic mass is 32.2. The number of esters is 1. The molecule has 11 heteroatoms. The van der Waals surface area contributed by atoms with Crippen LogP contribution in [0.2, 0.25) is 0 Å². The van der Waals surface area contributed by atoms with E-state index < -0.39 is 34.3 Å². The lowest BCUT2D eigenvalue weighted by Gasteiger charge is -2.55. The molecule has 3 atom stereocenters. The van der Waals surface area contributed by atoms with Crippen molar-refractivity contribution in [2.75, 3.05) is 31.4 Å². The zero-order valence-corrected chi connectivity index (χ0v) is 20.4. The summed E-state index contributed by atoms with van der Waals surface area (Å²) in [6, 6.07) is 6.09. The summed E-state index contributed by atoms with van der Waals surface area (Å²) in [7, 11) is 2.81. The van der Waals surface area contributed by atoms with E-state index in [1.807, 2.05) is 0 Å². The van der Waals surface area contributed by atoms with E-state index in [1.165, 1.54) is 35.6 Å². The summed E-state index contributed by atoms with van der Waals surface area (Å²) in [4.78, 5) is 59.3. The average molecular weight is 480 g/mol. The highest BCUT2D eigenvalue weighted by Crippen LogP contribution is 2.45. The van der Waals surface area contributed by atoms with E-state index in [1.54, 1.807) is 52.1 Å². The molecule has 0 spiro atoms. The third kappa shape index (κ3) is 4.65. The lowest BCUT2D eigenvalue weighted by Crippen LogP contribution is -2.75. The molecular weight excluding hydrogens is 450 g/mol. The number of hydrogen-bond donors (Lipinski definition) is 1. The summed E-state index contributed by atoms with van der Waals surface area (Å²) in [5, 5.41) is -0.408. The number of nitrogens with one attached hydrogen (secondary N) is 1. The van der Waals surface area contributed by atoms with Gasteiger partial charge in [-0.15, -0.1) is 11.8 Å². The van der Waals surface area contributed by atoms with E-state index in [9.17, 15) is 19.2 Å². The van der Waals surface area contributed by atoms with Crippen molar-refractivity contribution in [1.82, 2.24) is 10.4 Å². The van der Waals surface area contributed by atoms with Crippen molar-refractivity contribution in [3.8, 4) is 5.75 Å². The second-order valence-electron chi connectivity index (χ2n) is 8.92. The van der Waals surface area contributed by atoms with Crippen LogP contribution < -0.4 is 15.1 Å². The molecule has 10 nitrogen and oxygen atoms in total. The topological polar surface area (TPSA) is 114 Å². The maximum Gasteiger partial charge on any atom is 0.324 e. The van der Waals surface area contributed by atoms with Gasteiger partial charge in [0, 0.05) is 24.9 Å². The fourth-order valence-corrected chi connectivity index (χ4v) is 5.43. The van der Waals surface area contributed by atoms with Gasteiger partial charge in [0.1, 0.15) is 22.8 Å². The van der Waals surface area contributed by atoms with Crippen LogP contribution in [-0.2, 0) is 28.8 Å². The smallest absolute Gasteiger partial charge is 0.324 e. The fraction of sp³-hybridized carbons (Fsp3) is 0.545. The van der Waals surface area contributed by atoms with Gasteiger partial charge in [-0.25, -0.2) is 5.48 Å². The molecule has 2 fully saturated rings. The molecule has 2 saturated heterocycles. The van der Waals surface area contributed by atoms with Crippen molar-refractivity contribution >= 4 is 41.1 Å². The minimum atomic E-state index is -1.63. The number of hydroxylamine groups is 1. The molecule has 180 valence electrons. The Kier molecular flexibility index (Phi) is 6.94. The van der Waals surface area contributed by atoms with Crippen LogP contribution in [-0.4, -0.2) is 72.1 Å². The first kappa shape index (κ1) is 24.8. The number of rotatable bonds is 6. The first-order valence-electron chi connectivity index (χ1n) is 10.4. The second-order valence-corrected chi connectivity index (χ2v) is 10.0. The first-order chi connectivity index (χ1) is 15.4. The number of carbonyl (C=O) groups is 4. The number of methoxy groups -OCH3 is 1. The normalized spacial score (nSPS) is 24.3. The van der Waals surface area contributed by atoms with E-state index in [-0.39, 0.29) is 24.1 Å². The second kappa shape index (κ2) is 9.22. The lowest BCUT2D eigenvalue weighted by molar-refractivity contribution is -0.177. The number of amides is 3. The lowest BCUT2D eigenvalue weighted by atomic mass is 9.85. The van der Waals surface area contributed by atoms with Crippen molar-refractivity contribution in [1.29, 1.82) is 0 Å². The van der Waals surface area contributed by atoms with Crippen LogP contribution in [0.15, 0.2) is 24.3 Å². The maximum absolute atomic E-state index is 13.2. The standard InChI is InChI=1S/C22H29N3O7S/c1-13(26)25(14-7-9-15(30-5)10-8-14)16-17(27)24-11-22(12-33-18(16)24,19(28)23-31-6)20(29)32-21(2,3)4/h7-10,16,18H,11-12H2,1-6H3,(H,23,28)/t16?,18-,22?/m1/s1. The van der Waals surface area contributed by atoms with Gasteiger partial charge in [0.15, 0.2) is 5.41 Å². The average Bonchev–Trinajstić information content (AvgIpc) is 2.75. The van der Waals surface area contributed by atoms with Gasteiger partial charge >= 0.3 is 5.97 Å². The largest absolute Gasteiger partial charge is 0.497 e. The molecule has 33 heavy (non-hydrogen) atoms. The van der Waals surface area contributed by atoms with Crippen LogP contribution in [0.1, 0.15) is 27.7 Å². The first-order valence-corrected chi connectivity index (χ1v) is 11.4. The Bertz CT molecular complexity index is 946. The summed E-state index contributed by atoms with van der Waals surface area (Å²) in [5.41, 5.74) is 0.325. The van der Waals surface area contributed by atoms with E-state index in [2.05, 4.69) is 5.48 Å². The number of hydrogen-bond acceptors (Lipinski definition) is 8. The SMILES string of the molecule is CONC(=O)C1(C(=O)OC(C)(C)C)CS[C@@H]2C(N(C(C)=O)c3ccc(OC)cc3)C(=O)N2C1. The van der Waals surface area contributed by atoms with Crippen LogP contribution in [0.5, 0.6) is 5.75 Å². The Morgan fingerprint density at radius 3 is 2.33 bits per heavy atom. The molecular formula is C22H29N3O7S. The van der Waals surface area contributed by atoms with Crippen molar-refractivity contribution in [3.63, 3.8) is 0 Å². The maximum atomic E-state index is 13.2. The number of carbonyl (C=O) groups excluding carboxylic acids is 4. The van der Waals surface area contributed by atoms with Crippen LogP contribution in [0.4, 0.5) is 5.69 Å². The summed E-state index contributed by atoms with van der Waals surface area (Å²) in [6.07, 6.45) is 0. The van der Waals surface area contributed by atoms with Crippen LogP contribution in [0.3, 0.4) is 0 Å². The highest BCUT2D eigenvalue weighted by Gasteiger charge is 2.62. The summed E-state index contributed by atoms with van der Waals surface area (Å²) in [5.74, 6) is -1.36. The van der Waals surface area contributed by atoms with Crippen LogP contribution in [0, 0.1) is 5.41 Å². The van der Waals surface area contributed by atoms with Crippen molar-refractivity contribution < 1.29 is 33.5 Å². The molecule has 2 aliphatic rings. The molecule has 2 aliphatic heterocycles. The molecule has 0 radical (unpaired) electrons. The summed E-state index contributed by atoms with van der Waals surface area (Å²) in [6.45, 7) is 6.34. The molecule has 3 amide bonds. The van der Waals surface area contributed by atoms with Gasteiger partial charge in [-0.3, -0.25) is 28.9 Å². The molecule has 3 rings (SSSR count). The number of thioether (sulfide) groups is 1. The van der Waals surface area contributed by atoms with Gasteiger partial charge in [0.05, 0.1) is 14.2 Å². The van der Waals surface area contributed by atoms with Crippen molar-refractivity contribution in [3.05, 3.63) is 24.3 Å². The zero-order valence-electron chi connectivity index (χ0n) is 19.5. The molecule has 0 aliphatic carbocycles. The Hall–Kier alpha value is -2.79. The van der Waals surface area contributed by atoms with Gasteiger partial charge in [0.2, 0.25) is 11.8 Å². The molecule has 1 aromatic carbocycles. The van der Waals surface area contributed by atoms with Crippen LogP contribution in [0.25, 0.3) is 0 Å². The molecule has 1 aromatic rings. The third-order valence-electron chi connectivity index (χ3n) is 5.44. The predicted octanol–water partition coefficient (Wildman–Crippen LogP) is 1.34. The highest BCUT2D eigenvalue weighted by molar-refractivity contribution is 8.00. The Labute approximate surface area is 196 Å². The van der Waals surface area contributed by atoms with Gasteiger partial charge in [0.25, 0.3) is 5.91 Å². The summed E-state index contributed by atoms with van der Waals surface area (Å²) < 4.78 is 10.7. The number of β-lactam (4-membered cyclic amide) rings is 1. The van der Waals surface area contributed by atoms with Gasteiger partial charge in [-0.2, -0.15) is 0 Å². The molecule has 1 N–H and O–H groups in total. The quantitative estimate of drug-likeness (QED) is 0.281. The van der Waals surface area contributed by atoms with Crippen LogP contribution >= 0.6 is 11.8 Å². The van der Waals surface area contributed by atoms with E-state index in [0.717, 1.165) is 0 Å². The molecule has 0 bridgehead atoms. The zero-order chi connectivity index (χ0) is 24.6. The van der Waals surface area contributed by atoms with Crippen molar-refractivity contribution in [2.45, 2.75) is 44.7 Å². The Morgan fingerprint density at radius 1 is 1.18 bits per heavy atom. The van der Waals surface area contributed by atoms with E-state index in [4.69, 9.17) is 14.3 Å². The molecule has 0 aromatic heterocycles. The monoisotopic (exact) mass is 479 g/mol. The number of anilines is 1. The van der Waals surface area contributed by atoms with Gasteiger partial charge < -0.3 is 14.4 Å². The third-order valence-corrected chi connectivity index (χ3v) is 6.95. The minimum absolute atomic E-state index is 0.0659. The van der Waals surface area contributed by atoms with E-state index >= 15 is 0 Å². The Morgan fingerprint density at radius 2 is 1.82 bits per heavy atom. The van der Waals surface area contributed by atoms with Gasteiger partial charge in [-0.05, 0) is 45.0 Å². The molecule has 2 heterocycles. The van der Waals surface area contributed by atoms with E-state index in [0.29, 0.717) is 11.4 Å². The number of ether oxygens (including phenoxy) is 2. The number of fused-ring (bicyclic) bond motifs is 1. The Balaban J connectivity index is 1.87. The minimum Gasteiger partial charge on any atom is -0.497 e. The molecule has 2 unspecified atom stereocenters. The van der Waals surface area contributed by atoms with Gasteiger partial charge in [-0.1, -0.05) is 0 Å². The number of nitrogens with zero attached hydrogens (tertiary/aromatic N) is 2. The summed E-state index contributed by atoms with van der Waals surface area (Å²) >= 11 is 1.26. The van der Waals surface area contributed by atoms with Crippen molar-refractivity contribution in [2.24, 2.45) is 5.41 Å². The molecule has 0 saturated carbocycles. The fourth-order valence-electron chi connectivity index (χ4n) is 3.86.